The van der Waals surface area contributed by atoms with Crippen molar-refractivity contribution in [1.82, 2.24) is 0 Å². The lowest BCUT2D eigenvalue weighted by Gasteiger charge is -2.19. The van der Waals surface area contributed by atoms with Crippen LogP contribution in [0.4, 0.5) is 0 Å². The Kier molecular flexibility index (Phi) is 4.99. The maximum Gasteiger partial charge on any atom is 0.185 e. The number of phenolic OH excluding ortho intramolecular Hbond substituents is 1. The third kappa shape index (κ3) is 4.03. The van der Waals surface area contributed by atoms with Gasteiger partial charge in [-0.25, -0.2) is 0 Å². The topological polar surface area (TPSA) is 77.8 Å². The van der Waals surface area contributed by atoms with Crippen LogP contribution in [-0.4, -0.2) is 32.3 Å². The number of hydrogen-bond donors (Lipinski definition) is 3. The molecule has 17 heavy (non-hydrogen) atoms. The molecule has 0 aliphatic rings. The van der Waals surface area contributed by atoms with Gasteiger partial charge < -0.3 is 15.3 Å². The van der Waals surface area contributed by atoms with Gasteiger partial charge in [-0.2, -0.15) is 0 Å². The normalized spacial score (nSPS) is 14.4. The van der Waals surface area contributed by atoms with E-state index in [0.717, 1.165) is 11.8 Å². The zero-order chi connectivity index (χ0) is 13.0. The van der Waals surface area contributed by atoms with Crippen LogP contribution < -0.4 is 0 Å². The first-order chi connectivity index (χ1) is 7.91. The van der Waals surface area contributed by atoms with Crippen LogP contribution >= 0.6 is 11.8 Å². The van der Waals surface area contributed by atoms with Gasteiger partial charge in [0.1, 0.15) is 11.9 Å². The zero-order valence-corrected chi connectivity index (χ0v) is 10.6. The van der Waals surface area contributed by atoms with Crippen molar-refractivity contribution in [2.75, 3.05) is 5.75 Å². The fourth-order valence-electron chi connectivity index (χ4n) is 1.49. The monoisotopic (exact) mass is 256 g/mol. The van der Waals surface area contributed by atoms with Crippen molar-refractivity contribution in [3.05, 3.63) is 29.3 Å². The number of aromatic hydroxyl groups is 1. The molecule has 0 aromatic heterocycles. The highest BCUT2D eigenvalue weighted by molar-refractivity contribution is 8.13. The van der Waals surface area contributed by atoms with Crippen molar-refractivity contribution >= 4 is 16.9 Å². The average Bonchev–Trinajstić information content (AvgIpc) is 2.25. The molecule has 0 saturated carbocycles. The maximum absolute atomic E-state index is 10.8. The van der Waals surface area contributed by atoms with Crippen LogP contribution in [0.1, 0.15) is 24.2 Å². The van der Waals surface area contributed by atoms with E-state index in [0.29, 0.717) is 11.1 Å². The summed E-state index contributed by atoms with van der Waals surface area (Å²) in [5, 5.41) is 28.8. The summed E-state index contributed by atoms with van der Waals surface area (Å²) in [6.07, 6.45) is -2.06. The first-order valence-electron chi connectivity index (χ1n) is 5.21. The molecule has 0 fully saturated rings. The van der Waals surface area contributed by atoms with E-state index in [1.165, 1.54) is 19.1 Å². The summed E-state index contributed by atoms with van der Waals surface area (Å²) < 4.78 is 0. The minimum absolute atomic E-state index is 0.0984. The van der Waals surface area contributed by atoms with Crippen molar-refractivity contribution in [2.45, 2.75) is 26.1 Å². The number of phenols is 1. The van der Waals surface area contributed by atoms with Crippen LogP contribution in [0, 0.1) is 6.92 Å². The van der Waals surface area contributed by atoms with E-state index < -0.39 is 12.2 Å². The largest absolute Gasteiger partial charge is 0.508 e. The van der Waals surface area contributed by atoms with Gasteiger partial charge in [0.2, 0.25) is 0 Å². The molecule has 0 heterocycles. The van der Waals surface area contributed by atoms with Crippen LogP contribution in [0.5, 0.6) is 5.75 Å². The number of hydrogen-bond acceptors (Lipinski definition) is 5. The predicted molar refractivity (Wildman–Crippen MR) is 66.9 cm³/mol. The van der Waals surface area contributed by atoms with Crippen LogP contribution in [0.15, 0.2) is 18.2 Å². The Balaban J connectivity index is 2.74. The molecular formula is C12H16O4S. The summed E-state index contributed by atoms with van der Waals surface area (Å²) in [6, 6.07) is 4.54. The maximum atomic E-state index is 10.8. The summed E-state index contributed by atoms with van der Waals surface area (Å²) in [7, 11) is 0. The zero-order valence-electron chi connectivity index (χ0n) is 9.75. The molecule has 1 rings (SSSR count). The van der Waals surface area contributed by atoms with E-state index in [4.69, 9.17) is 0 Å². The van der Waals surface area contributed by atoms with Crippen molar-refractivity contribution in [2.24, 2.45) is 0 Å². The number of aryl methyl sites for hydroxylation is 1. The third-order valence-electron chi connectivity index (χ3n) is 2.39. The lowest BCUT2D eigenvalue weighted by atomic mass is 10.00. The van der Waals surface area contributed by atoms with E-state index in [9.17, 15) is 20.1 Å². The second kappa shape index (κ2) is 6.05. The van der Waals surface area contributed by atoms with E-state index in [1.807, 2.05) is 0 Å². The average molecular weight is 256 g/mol. The first kappa shape index (κ1) is 14.0. The van der Waals surface area contributed by atoms with E-state index >= 15 is 0 Å². The van der Waals surface area contributed by atoms with Gasteiger partial charge in [-0.15, -0.1) is 0 Å². The molecule has 0 amide bonds. The van der Waals surface area contributed by atoms with Gasteiger partial charge in [0.15, 0.2) is 5.12 Å². The van der Waals surface area contributed by atoms with Gasteiger partial charge in [0.05, 0.1) is 6.10 Å². The molecule has 4 nitrogen and oxygen atoms in total. The van der Waals surface area contributed by atoms with Crippen molar-refractivity contribution in [1.29, 1.82) is 0 Å². The van der Waals surface area contributed by atoms with Gasteiger partial charge in [-0.3, -0.25) is 4.79 Å². The smallest absolute Gasteiger partial charge is 0.185 e. The molecule has 0 radical (unpaired) electrons. The number of aliphatic hydroxyl groups excluding tert-OH is 2. The number of thioether (sulfide) groups is 1. The highest BCUT2D eigenvalue weighted by Crippen LogP contribution is 2.25. The van der Waals surface area contributed by atoms with Crippen LogP contribution in [0.25, 0.3) is 0 Å². The van der Waals surface area contributed by atoms with Gasteiger partial charge in [0.25, 0.3) is 0 Å². The number of carbonyl (C=O) groups excluding carboxylic acids is 1. The highest BCUT2D eigenvalue weighted by Gasteiger charge is 2.20. The standard InChI is InChI=1S/C12H16O4S/c1-7-5-9(14)3-4-10(7)12(16)11(15)6-17-8(2)13/h3-5,11-12,14-16H,6H2,1-2H3. The van der Waals surface area contributed by atoms with Gasteiger partial charge in [0, 0.05) is 12.7 Å². The van der Waals surface area contributed by atoms with Crippen LogP contribution in [-0.2, 0) is 4.79 Å². The van der Waals surface area contributed by atoms with Gasteiger partial charge in [-0.1, -0.05) is 17.8 Å². The molecule has 94 valence electrons. The second-order valence-electron chi connectivity index (χ2n) is 3.86. The van der Waals surface area contributed by atoms with Crippen LogP contribution in [0.2, 0.25) is 0 Å². The Morgan fingerprint density at radius 3 is 2.59 bits per heavy atom. The third-order valence-corrected chi connectivity index (χ3v) is 3.31. The molecule has 0 saturated heterocycles. The predicted octanol–water partition coefficient (Wildman–Crippen LogP) is 1.37. The summed E-state index contributed by atoms with van der Waals surface area (Å²) >= 11 is 0.973. The number of rotatable bonds is 4. The fourth-order valence-corrected chi connectivity index (χ4v) is 2.08. The Bertz CT molecular complexity index is 405. The van der Waals surface area contributed by atoms with Crippen LogP contribution in [0.3, 0.4) is 0 Å². The summed E-state index contributed by atoms with van der Waals surface area (Å²) in [4.78, 5) is 10.8. The fraction of sp³-hybridized carbons (Fsp3) is 0.417. The molecule has 5 heteroatoms. The molecular weight excluding hydrogens is 240 g/mol. The Hall–Kier alpha value is -1.04. The summed E-state index contributed by atoms with van der Waals surface area (Å²) in [5.74, 6) is 0.266. The SMILES string of the molecule is CC(=O)SCC(O)C(O)c1ccc(O)cc1C. The molecule has 1 aromatic rings. The number of carbonyl (C=O) groups is 1. The van der Waals surface area contributed by atoms with E-state index in [2.05, 4.69) is 0 Å². The minimum atomic E-state index is -1.05. The molecule has 2 atom stereocenters. The van der Waals surface area contributed by atoms with Gasteiger partial charge in [-0.05, 0) is 30.2 Å². The highest BCUT2D eigenvalue weighted by atomic mass is 32.2. The molecule has 0 spiro atoms. The van der Waals surface area contributed by atoms with Crippen molar-refractivity contribution in [3.63, 3.8) is 0 Å². The van der Waals surface area contributed by atoms with E-state index in [-0.39, 0.29) is 16.6 Å². The second-order valence-corrected chi connectivity index (χ2v) is 5.05. The summed E-state index contributed by atoms with van der Waals surface area (Å²) in [6.45, 7) is 3.15. The molecule has 0 bridgehead atoms. The summed E-state index contributed by atoms with van der Waals surface area (Å²) in [5.41, 5.74) is 1.25. The molecule has 0 aliphatic carbocycles. The quantitative estimate of drug-likeness (QED) is 0.758. The minimum Gasteiger partial charge on any atom is -0.508 e. The van der Waals surface area contributed by atoms with Crippen molar-refractivity contribution in [3.8, 4) is 5.75 Å². The Morgan fingerprint density at radius 2 is 2.06 bits per heavy atom. The Morgan fingerprint density at radius 1 is 1.41 bits per heavy atom. The molecule has 1 aromatic carbocycles. The number of benzene rings is 1. The Labute approximate surface area is 104 Å². The molecule has 0 aliphatic heterocycles. The lowest BCUT2D eigenvalue weighted by Crippen LogP contribution is -2.22. The van der Waals surface area contributed by atoms with Gasteiger partial charge >= 0.3 is 0 Å². The van der Waals surface area contributed by atoms with E-state index in [1.54, 1.807) is 13.0 Å². The number of aliphatic hydroxyl groups is 2. The lowest BCUT2D eigenvalue weighted by molar-refractivity contribution is -0.109. The first-order valence-corrected chi connectivity index (χ1v) is 6.19. The molecule has 3 N–H and O–H groups in total. The molecule has 2 unspecified atom stereocenters. The van der Waals surface area contributed by atoms with Crippen molar-refractivity contribution < 1.29 is 20.1 Å².